The van der Waals surface area contributed by atoms with Crippen molar-refractivity contribution in [1.82, 2.24) is 19.9 Å². The lowest BCUT2D eigenvalue weighted by Crippen LogP contribution is -2.48. The third-order valence-corrected chi connectivity index (χ3v) is 6.16. The number of carbonyl (C=O) groups excluding carboxylic acids is 1. The predicted molar refractivity (Wildman–Crippen MR) is 115 cm³/mol. The van der Waals surface area contributed by atoms with E-state index in [9.17, 15) is 13.2 Å². The summed E-state index contributed by atoms with van der Waals surface area (Å²) in [6, 6.07) is 13.6. The van der Waals surface area contributed by atoms with E-state index in [2.05, 4.69) is 15.0 Å². The highest BCUT2D eigenvalue weighted by Crippen LogP contribution is 2.24. The van der Waals surface area contributed by atoms with E-state index < -0.39 is 10.0 Å². The predicted octanol–water partition coefficient (Wildman–Crippen LogP) is 1.35. The standard InChI is InChI=1S/C21H23N5O5S/c1-30-18-8-7-16(32(22,28)29)13-17(18)21(27)26-11-9-25(10-12-26)14-19-23-20(24-31-19)15-5-3-2-4-6-15/h2-8,13H,9-12,14H2,1H3,(H2,22,28,29). The molecule has 4 rings (SSSR count). The molecular formula is C21H23N5O5S. The molecule has 0 bridgehead atoms. The first-order valence-electron chi connectivity index (χ1n) is 9.95. The fourth-order valence-corrected chi connectivity index (χ4v) is 4.07. The first-order valence-corrected chi connectivity index (χ1v) is 11.5. The number of aromatic nitrogens is 2. The number of hydrogen-bond donors (Lipinski definition) is 1. The number of hydrogen-bond acceptors (Lipinski definition) is 8. The molecule has 1 fully saturated rings. The van der Waals surface area contributed by atoms with Gasteiger partial charge in [-0.1, -0.05) is 35.5 Å². The van der Waals surface area contributed by atoms with Gasteiger partial charge in [0.05, 0.1) is 24.1 Å². The van der Waals surface area contributed by atoms with Gasteiger partial charge in [0, 0.05) is 31.7 Å². The zero-order chi connectivity index (χ0) is 22.7. The fraction of sp³-hybridized carbons (Fsp3) is 0.286. The lowest BCUT2D eigenvalue weighted by Gasteiger charge is -2.34. The van der Waals surface area contributed by atoms with Crippen molar-refractivity contribution in [2.24, 2.45) is 5.14 Å². The maximum Gasteiger partial charge on any atom is 0.257 e. The Hall–Kier alpha value is -3.28. The number of benzene rings is 2. The molecule has 0 aliphatic carbocycles. The van der Waals surface area contributed by atoms with Crippen LogP contribution in [0, 0.1) is 0 Å². The summed E-state index contributed by atoms with van der Waals surface area (Å²) in [6.07, 6.45) is 0. The molecule has 0 saturated carbocycles. The quantitative estimate of drug-likeness (QED) is 0.587. The molecule has 1 aromatic heterocycles. The number of methoxy groups -OCH3 is 1. The second-order valence-corrected chi connectivity index (χ2v) is 8.91. The average molecular weight is 458 g/mol. The van der Waals surface area contributed by atoms with Gasteiger partial charge in [-0.2, -0.15) is 4.98 Å². The molecule has 1 amide bonds. The molecule has 2 heterocycles. The number of primary sulfonamides is 1. The highest BCUT2D eigenvalue weighted by atomic mass is 32.2. The van der Waals surface area contributed by atoms with Crippen LogP contribution in [0.3, 0.4) is 0 Å². The van der Waals surface area contributed by atoms with Gasteiger partial charge >= 0.3 is 0 Å². The largest absolute Gasteiger partial charge is 0.496 e. The highest BCUT2D eigenvalue weighted by molar-refractivity contribution is 7.89. The summed E-state index contributed by atoms with van der Waals surface area (Å²) >= 11 is 0. The molecule has 2 aromatic carbocycles. The minimum Gasteiger partial charge on any atom is -0.496 e. The summed E-state index contributed by atoms with van der Waals surface area (Å²) in [5, 5.41) is 9.24. The Morgan fingerprint density at radius 1 is 1.12 bits per heavy atom. The number of carbonyl (C=O) groups is 1. The fourth-order valence-electron chi connectivity index (χ4n) is 3.53. The number of ether oxygens (including phenoxy) is 1. The molecule has 32 heavy (non-hydrogen) atoms. The van der Waals surface area contributed by atoms with E-state index in [0.29, 0.717) is 50.2 Å². The van der Waals surface area contributed by atoms with Gasteiger partial charge in [-0.25, -0.2) is 13.6 Å². The van der Waals surface area contributed by atoms with E-state index in [1.165, 1.54) is 25.3 Å². The Morgan fingerprint density at radius 2 is 1.84 bits per heavy atom. The Morgan fingerprint density at radius 3 is 2.50 bits per heavy atom. The third-order valence-electron chi connectivity index (χ3n) is 5.25. The summed E-state index contributed by atoms with van der Waals surface area (Å²) in [4.78, 5) is 21.1. The maximum atomic E-state index is 13.0. The van der Waals surface area contributed by atoms with Crippen molar-refractivity contribution in [1.29, 1.82) is 0 Å². The Balaban J connectivity index is 1.40. The molecule has 0 radical (unpaired) electrons. The van der Waals surface area contributed by atoms with Crippen LogP contribution in [0.5, 0.6) is 5.75 Å². The normalized spacial score (nSPS) is 15.0. The van der Waals surface area contributed by atoms with Gasteiger partial charge in [0.2, 0.25) is 21.7 Å². The molecule has 1 saturated heterocycles. The van der Waals surface area contributed by atoms with Crippen LogP contribution in [0.4, 0.5) is 0 Å². The molecule has 10 nitrogen and oxygen atoms in total. The van der Waals surface area contributed by atoms with E-state index in [1.807, 2.05) is 30.3 Å². The molecule has 1 aliphatic rings. The van der Waals surface area contributed by atoms with Gasteiger partial charge in [-0.3, -0.25) is 9.69 Å². The molecule has 3 aromatic rings. The van der Waals surface area contributed by atoms with Crippen LogP contribution in [0.15, 0.2) is 57.9 Å². The van der Waals surface area contributed by atoms with Gasteiger partial charge in [0.1, 0.15) is 5.75 Å². The van der Waals surface area contributed by atoms with Crippen molar-refractivity contribution < 1.29 is 22.5 Å². The maximum absolute atomic E-state index is 13.0. The van der Waals surface area contributed by atoms with Gasteiger partial charge in [-0.05, 0) is 18.2 Å². The van der Waals surface area contributed by atoms with Gasteiger partial charge in [-0.15, -0.1) is 0 Å². The van der Waals surface area contributed by atoms with E-state index in [-0.39, 0.29) is 16.4 Å². The summed E-state index contributed by atoms with van der Waals surface area (Å²) < 4.78 is 34.0. The highest BCUT2D eigenvalue weighted by Gasteiger charge is 2.26. The van der Waals surface area contributed by atoms with E-state index in [0.717, 1.165) is 5.56 Å². The van der Waals surface area contributed by atoms with Crippen molar-refractivity contribution in [3.63, 3.8) is 0 Å². The molecule has 0 unspecified atom stereocenters. The lowest BCUT2D eigenvalue weighted by atomic mass is 10.1. The zero-order valence-corrected chi connectivity index (χ0v) is 18.3. The van der Waals surface area contributed by atoms with Crippen LogP contribution in [0.1, 0.15) is 16.2 Å². The minimum atomic E-state index is -3.93. The van der Waals surface area contributed by atoms with Crippen molar-refractivity contribution in [2.45, 2.75) is 11.4 Å². The summed E-state index contributed by atoms with van der Waals surface area (Å²) in [5.74, 6) is 1.03. The topological polar surface area (TPSA) is 132 Å². The van der Waals surface area contributed by atoms with E-state index in [4.69, 9.17) is 14.4 Å². The van der Waals surface area contributed by atoms with E-state index >= 15 is 0 Å². The molecule has 1 aliphatic heterocycles. The van der Waals surface area contributed by atoms with Crippen molar-refractivity contribution >= 4 is 15.9 Å². The smallest absolute Gasteiger partial charge is 0.257 e. The van der Waals surface area contributed by atoms with Gasteiger partial charge in [0.25, 0.3) is 5.91 Å². The first kappa shape index (κ1) is 21.9. The number of nitrogens with two attached hydrogens (primary N) is 1. The Bertz CT molecular complexity index is 1200. The second-order valence-electron chi connectivity index (χ2n) is 7.35. The van der Waals surface area contributed by atoms with Crippen molar-refractivity contribution in [3.05, 3.63) is 60.0 Å². The van der Waals surface area contributed by atoms with Crippen LogP contribution in [0.2, 0.25) is 0 Å². The molecular weight excluding hydrogens is 434 g/mol. The number of nitrogens with zero attached hydrogens (tertiary/aromatic N) is 4. The minimum absolute atomic E-state index is 0.133. The number of sulfonamides is 1. The first-order chi connectivity index (χ1) is 15.3. The van der Waals surface area contributed by atoms with Crippen LogP contribution >= 0.6 is 0 Å². The SMILES string of the molecule is COc1ccc(S(N)(=O)=O)cc1C(=O)N1CCN(Cc2nc(-c3ccccc3)no2)CC1. The Labute approximate surface area is 185 Å². The van der Waals surface area contributed by atoms with Gasteiger partial charge < -0.3 is 14.2 Å². The molecule has 11 heteroatoms. The lowest BCUT2D eigenvalue weighted by molar-refractivity contribution is 0.0611. The Kier molecular flexibility index (Phi) is 6.21. The average Bonchev–Trinajstić information content (AvgIpc) is 3.27. The summed E-state index contributed by atoms with van der Waals surface area (Å²) in [7, 11) is -2.51. The van der Waals surface area contributed by atoms with Crippen LogP contribution in [0.25, 0.3) is 11.4 Å². The van der Waals surface area contributed by atoms with Gasteiger partial charge in [0.15, 0.2) is 0 Å². The van der Waals surface area contributed by atoms with Crippen molar-refractivity contribution in [3.8, 4) is 17.1 Å². The summed E-state index contributed by atoms with van der Waals surface area (Å²) in [5.41, 5.74) is 1.05. The number of amides is 1. The molecule has 2 N–H and O–H groups in total. The zero-order valence-electron chi connectivity index (χ0n) is 17.5. The van der Waals surface area contributed by atoms with Crippen molar-refractivity contribution in [2.75, 3.05) is 33.3 Å². The third kappa shape index (κ3) is 4.79. The second kappa shape index (κ2) is 9.07. The van der Waals surface area contributed by atoms with E-state index in [1.54, 1.807) is 4.90 Å². The number of piperazine rings is 1. The monoisotopic (exact) mass is 457 g/mol. The van der Waals surface area contributed by atoms with Crippen LogP contribution in [-0.2, 0) is 16.6 Å². The molecule has 0 atom stereocenters. The van der Waals surface area contributed by atoms with Crippen LogP contribution < -0.4 is 9.88 Å². The molecule has 168 valence electrons. The molecule has 0 spiro atoms. The van der Waals surface area contributed by atoms with Crippen LogP contribution in [-0.4, -0.2) is 67.6 Å². The summed E-state index contributed by atoms with van der Waals surface area (Å²) in [6.45, 7) is 2.60. The number of rotatable bonds is 6.